The second-order valence-electron chi connectivity index (χ2n) is 2.57. The van der Waals surface area contributed by atoms with Crippen LogP contribution in [0.15, 0.2) is 18.2 Å². The summed E-state index contributed by atoms with van der Waals surface area (Å²) in [6.45, 7) is 0. The first-order chi connectivity index (χ1) is 6.11. The summed E-state index contributed by atoms with van der Waals surface area (Å²) < 4.78 is 25.7. The van der Waals surface area contributed by atoms with Crippen molar-refractivity contribution in [2.24, 2.45) is 0 Å². The predicted octanol–water partition coefficient (Wildman–Crippen LogP) is 0.647. The van der Waals surface area contributed by atoms with Crippen LogP contribution in [0.1, 0.15) is 12.0 Å². The molecule has 1 aromatic rings. The second-order valence-corrected chi connectivity index (χ2v) is 2.57. The molecule has 0 unspecified atom stereocenters. The van der Waals surface area contributed by atoms with Crippen LogP contribution in [-0.2, 0) is 11.2 Å². The molecule has 0 bridgehead atoms. The van der Waals surface area contributed by atoms with E-state index in [4.69, 9.17) is 0 Å². The average molecular weight is 185 g/mol. The first-order valence-electron chi connectivity index (χ1n) is 3.74. The Kier molecular flexibility index (Phi) is 2.95. The van der Waals surface area contributed by atoms with Gasteiger partial charge in [-0.15, -0.1) is 0 Å². The van der Waals surface area contributed by atoms with Gasteiger partial charge in [-0.1, -0.05) is 6.07 Å². The summed E-state index contributed by atoms with van der Waals surface area (Å²) in [5, 5.41) is 10.0. The van der Waals surface area contributed by atoms with Gasteiger partial charge in [0.2, 0.25) is 0 Å². The molecule has 0 saturated heterocycles. The first-order valence-corrected chi connectivity index (χ1v) is 3.74. The molecule has 0 aromatic heterocycles. The fourth-order valence-corrected chi connectivity index (χ4v) is 0.998. The van der Waals surface area contributed by atoms with Crippen LogP contribution in [0.4, 0.5) is 8.78 Å². The normalized spacial score (nSPS) is 10.0. The van der Waals surface area contributed by atoms with Crippen LogP contribution in [0.5, 0.6) is 0 Å². The molecule has 4 heteroatoms. The molecule has 0 radical (unpaired) electrons. The van der Waals surface area contributed by atoms with Crippen molar-refractivity contribution < 1.29 is 18.7 Å². The molecule has 0 aliphatic carbocycles. The van der Waals surface area contributed by atoms with E-state index in [0.29, 0.717) is 0 Å². The van der Waals surface area contributed by atoms with Crippen LogP contribution in [-0.4, -0.2) is 5.97 Å². The molecule has 0 heterocycles. The van der Waals surface area contributed by atoms with E-state index in [1.807, 2.05) is 0 Å². The highest BCUT2D eigenvalue weighted by molar-refractivity contribution is 5.64. The van der Waals surface area contributed by atoms with Crippen molar-refractivity contribution in [2.45, 2.75) is 12.8 Å². The highest BCUT2D eigenvalue weighted by Gasteiger charge is 2.07. The third kappa shape index (κ3) is 2.50. The zero-order valence-corrected chi connectivity index (χ0v) is 6.72. The third-order valence-corrected chi connectivity index (χ3v) is 1.64. The molecular weight excluding hydrogens is 178 g/mol. The number of hydrogen-bond donors (Lipinski definition) is 0. The lowest BCUT2D eigenvalue weighted by molar-refractivity contribution is -0.305. The van der Waals surface area contributed by atoms with E-state index in [2.05, 4.69) is 0 Å². The van der Waals surface area contributed by atoms with Gasteiger partial charge in [0.05, 0.1) is 0 Å². The van der Waals surface area contributed by atoms with E-state index in [0.717, 1.165) is 12.1 Å². The molecule has 0 amide bonds. The quantitative estimate of drug-likeness (QED) is 0.693. The van der Waals surface area contributed by atoms with Crippen LogP contribution < -0.4 is 5.11 Å². The number of carboxylic acid groups (broad SMARTS) is 1. The van der Waals surface area contributed by atoms with Crippen LogP contribution in [0.25, 0.3) is 0 Å². The maximum atomic E-state index is 12.8. The molecule has 1 rings (SSSR count). The monoisotopic (exact) mass is 185 g/mol. The van der Waals surface area contributed by atoms with Gasteiger partial charge in [-0.25, -0.2) is 8.78 Å². The molecule has 0 aliphatic heterocycles. The number of carbonyl (C=O) groups excluding carboxylic acids is 1. The van der Waals surface area contributed by atoms with Gasteiger partial charge < -0.3 is 9.90 Å². The second kappa shape index (κ2) is 3.98. The third-order valence-electron chi connectivity index (χ3n) is 1.64. The maximum absolute atomic E-state index is 12.8. The van der Waals surface area contributed by atoms with Gasteiger partial charge in [0.25, 0.3) is 0 Å². The highest BCUT2D eigenvalue weighted by Crippen LogP contribution is 2.13. The van der Waals surface area contributed by atoms with Crippen molar-refractivity contribution >= 4 is 5.97 Å². The summed E-state index contributed by atoms with van der Waals surface area (Å²) in [4.78, 5) is 10.0. The molecule has 13 heavy (non-hydrogen) atoms. The number of hydrogen-bond acceptors (Lipinski definition) is 2. The van der Waals surface area contributed by atoms with Crippen LogP contribution in [0, 0.1) is 11.6 Å². The summed E-state index contributed by atoms with van der Waals surface area (Å²) >= 11 is 0. The van der Waals surface area contributed by atoms with Crippen LogP contribution >= 0.6 is 0 Å². The maximum Gasteiger partial charge on any atom is 0.129 e. The molecule has 70 valence electrons. The molecule has 1 aromatic carbocycles. The van der Waals surface area contributed by atoms with E-state index in [9.17, 15) is 18.7 Å². The number of carboxylic acids is 1. The van der Waals surface area contributed by atoms with E-state index < -0.39 is 17.6 Å². The van der Waals surface area contributed by atoms with Crippen LogP contribution in [0.2, 0.25) is 0 Å². The smallest absolute Gasteiger partial charge is 0.129 e. The number of benzene rings is 1. The molecule has 0 spiro atoms. The molecule has 0 aliphatic rings. The number of rotatable bonds is 3. The lowest BCUT2D eigenvalue weighted by Crippen LogP contribution is -2.22. The Morgan fingerprint density at radius 3 is 2.31 bits per heavy atom. The number of halogens is 2. The van der Waals surface area contributed by atoms with Crippen molar-refractivity contribution in [3.8, 4) is 0 Å². The fraction of sp³-hybridized carbons (Fsp3) is 0.222. The molecule has 2 nitrogen and oxygen atoms in total. The van der Waals surface area contributed by atoms with Crippen molar-refractivity contribution in [1.82, 2.24) is 0 Å². The average Bonchev–Trinajstić information content (AvgIpc) is 2.03. The zero-order valence-electron chi connectivity index (χ0n) is 6.72. The van der Waals surface area contributed by atoms with E-state index in [-0.39, 0.29) is 18.4 Å². The van der Waals surface area contributed by atoms with Gasteiger partial charge >= 0.3 is 0 Å². The summed E-state index contributed by atoms with van der Waals surface area (Å²) in [7, 11) is 0. The Labute approximate surface area is 73.8 Å². The Balaban J connectivity index is 2.81. The zero-order chi connectivity index (χ0) is 9.84. The molecule has 0 atom stereocenters. The number of aliphatic carboxylic acids is 1. The van der Waals surface area contributed by atoms with Crippen molar-refractivity contribution in [1.29, 1.82) is 0 Å². The van der Waals surface area contributed by atoms with Gasteiger partial charge in [-0.05, 0) is 25.0 Å². The van der Waals surface area contributed by atoms with E-state index in [1.54, 1.807) is 0 Å². The van der Waals surface area contributed by atoms with Crippen molar-refractivity contribution in [3.05, 3.63) is 35.4 Å². The van der Waals surface area contributed by atoms with Crippen molar-refractivity contribution in [2.75, 3.05) is 0 Å². The predicted molar refractivity (Wildman–Crippen MR) is 39.7 cm³/mol. The molecular formula is C9H7F2O2-. The minimum Gasteiger partial charge on any atom is -0.550 e. The Morgan fingerprint density at radius 1 is 1.31 bits per heavy atom. The van der Waals surface area contributed by atoms with E-state index in [1.165, 1.54) is 6.07 Å². The molecule has 0 saturated carbocycles. The van der Waals surface area contributed by atoms with Gasteiger partial charge in [0, 0.05) is 11.5 Å². The van der Waals surface area contributed by atoms with Gasteiger partial charge in [0.15, 0.2) is 0 Å². The van der Waals surface area contributed by atoms with Gasteiger partial charge in [-0.3, -0.25) is 0 Å². The summed E-state index contributed by atoms with van der Waals surface area (Å²) in [6.07, 6.45) is -0.557. The summed E-state index contributed by atoms with van der Waals surface area (Å²) in [6, 6.07) is 3.41. The van der Waals surface area contributed by atoms with E-state index >= 15 is 0 Å². The Morgan fingerprint density at radius 2 is 1.85 bits per heavy atom. The first kappa shape index (κ1) is 9.64. The lowest BCUT2D eigenvalue weighted by Gasteiger charge is -2.04. The molecule has 0 fully saturated rings. The topological polar surface area (TPSA) is 40.1 Å². The fourth-order valence-electron chi connectivity index (χ4n) is 0.998. The molecule has 0 N–H and O–H groups in total. The Bertz CT molecular complexity index is 303. The van der Waals surface area contributed by atoms with Gasteiger partial charge in [-0.2, -0.15) is 0 Å². The summed E-state index contributed by atoms with van der Waals surface area (Å²) in [5.74, 6) is -2.76. The minimum absolute atomic E-state index is 0.180. The number of carbonyl (C=O) groups is 1. The lowest BCUT2D eigenvalue weighted by atomic mass is 10.1. The SMILES string of the molecule is O=C([O-])CCc1c(F)cccc1F. The summed E-state index contributed by atoms with van der Waals surface area (Å²) in [5.41, 5.74) is -0.202. The van der Waals surface area contributed by atoms with Crippen molar-refractivity contribution in [3.63, 3.8) is 0 Å². The van der Waals surface area contributed by atoms with Gasteiger partial charge in [0.1, 0.15) is 11.6 Å². The minimum atomic E-state index is -1.32. The van der Waals surface area contributed by atoms with Crippen LogP contribution in [0.3, 0.4) is 0 Å². The highest BCUT2D eigenvalue weighted by atomic mass is 19.1. The largest absolute Gasteiger partial charge is 0.550 e. The standard InChI is InChI=1S/C9H8F2O2/c10-7-2-1-3-8(11)6(7)4-5-9(12)13/h1-3H,4-5H2,(H,12,13)/p-1. The Hall–Kier alpha value is -1.45.